The predicted octanol–water partition coefficient (Wildman–Crippen LogP) is 5.25. The van der Waals surface area contributed by atoms with E-state index in [0.717, 1.165) is 17.2 Å². The van der Waals surface area contributed by atoms with Gasteiger partial charge in [0.15, 0.2) is 5.78 Å². The first kappa shape index (κ1) is 22.2. The van der Waals surface area contributed by atoms with Gasteiger partial charge in [-0.25, -0.2) is 4.79 Å². The monoisotopic (exact) mass is 422 g/mol. The summed E-state index contributed by atoms with van der Waals surface area (Å²) < 4.78 is 11.6. The van der Waals surface area contributed by atoms with Crippen molar-refractivity contribution in [1.82, 2.24) is 0 Å². The van der Waals surface area contributed by atoms with Gasteiger partial charge in [0.2, 0.25) is 0 Å². The van der Waals surface area contributed by atoms with Gasteiger partial charge in [-0.1, -0.05) is 25.5 Å². The summed E-state index contributed by atoms with van der Waals surface area (Å²) in [6.07, 6.45) is 2.08. The van der Waals surface area contributed by atoms with Crippen molar-refractivity contribution in [3.63, 3.8) is 0 Å². The minimum absolute atomic E-state index is 0.00493. The van der Waals surface area contributed by atoms with Gasteiger partial charge in [0.1, 0.15) is 17.2 Å². The number of phenolic OH excluding ortho intramolecular Hbond substituents is 1. The summed E-state index contributed by atoms with van der Waals surface area (Å²) in [7, 11) is 0. The Morgan fingerprint density at radius 1 is 0.935 bits per heavy atom. The molecule has 0 aliphatic carbocycles. The standard InChI is InChI=1S/C25H26O6/c1-3-5-22-23(11-10-21(16(2)26)24(22)27)31-13-4-12-30-20-9-8-17-14-19(25(28)29)7-6-18(17)15-20/h6-11,14-15,27H,3-5,12-13H2,1-2H3,(H,28,29). The van der Waals surface area contributed by atoms with Crippen LogP contribution in [0.2, 0.25) is 0 Å². The molecule has 3 aromatic rings. The lowest BCUT2D eigenvalue weighted by Crippen LogP contribution is -2.07. The maximum Gasteiger partial charge on any atom is 0.335 e. The minimum atomic E-state index is -0.950. The average molecular weight is 422 g/mol. The third-order valence-electron chi connectivity index (χ3n) is 4.99. The number of carbonyl (C=O) groups is 2. The molecule has 0 amide bonds. The lowest BCUT2D eigenvalue weighted by Gasteiger charge is -2.15. The third kappa shape index (κ3) is 5.34. The molecule has 31 heavy (non-hydrogen) atoms. The number of hydrogen-bond acceptors (Lipinski definition) is 5. The van der Waals surface area contributed by atoms with Gasteiger partial charge in [-0.05, 0) is 60.5 Å². The van der Waals surface area contributed by atoms with E-state index in [9.17, 15) is 14.7 Å². The molecule has 3 rings (SSSR count). The Labute approximate surface area is 181 Å². The molecule has 0 atom stereocenters. The van der Waals surface area contributed by atoms with E-state index >= 15 is 0 Å². The van der Waals surface area contributed by atoms with Crippen molar-refractivity contribution in [2.24, 2.45) is 0 Å². The Morgan fingerprint density at radius 3 is 2.35 bits per heavy atom. The van der Waals surface area contributed by atoms with Crippen LogP contribution in [0.1, 0.15) is 53.0 Å². The number of rotatable bonds is 10. The highest BCUT2D eigenvalue weighted by Crippen LogP contribution is 2.33. The molecule has 0 aliphatic rings. The van der Waals surface area contributed by atoms with Crippen LogP contribution in [0.3, 0.4) is 0 Å². The van der Waals surface area contributed by atoms with Crippen LogP contribution in [-0.2, 0) is 6.42 Å². The first-order valence-electron chi connectivity index (χ1n) is 10.3. The Hall–Kier alpha value is -3.54. The molecular weight excluding hydrogens is 396 g/mol. The first-order chi connectivity index (χ1) is 14.9. The summed E-state index contributed by atoms with van der Waals surface area (Å²) in [6, 6.07) is 13.8. The fourth-order valence-corrected chi connectivity index (χ4v) is 3.41. The number of fused-ring (bicyclic) bond motifs is 1. The normalized spacial score (nSPS) is 10.8. The summed E-state index contributed by atoms with van der Waals surface area (Å²) in [6.45, 7) is 4.29. The molecule has 0 saturated carbocycles. The van der Waals surface area contributed by atoms with Crippen molar-refractivity contribution >= 4 is 22.5 Å². The highest BCUT2D eigenvalue weighted by molar-refractivity contribution is 5.97. The predicted molar refractivity (Wildman–Crippen MR) is 119 cm³/mol. The lowest BCUT2D eigenvalue weighted by molar-refractivity contribution is 0.0696. The van der Waals surface area contributed by atoms with Crippen LogP contribution in [0.4, 0.5) is 0 Å². The topological polar surface area (TPSA) is 93.1 Å². The summed E-state index contributed by atoms with van der Waals surface area (Å²) in [5.74, 6) is 0.165. The smallest absolute Gasteiger partial charge is 0.335 e. The number of carboxylic acid groups (broad SMARTS) is 1. The Bertz CT molecular complexity index is 1100. The van der Waals surface area contributed by atoms with Crippen LogP contribution in [0.5, 0.6) is 17.2 Å². The van der Waals surface area contributed by atoms with E-state index in [0.29, 0.717) is 48.7 Å². The number of aromatic carboxylic acids is 1. The number of hydrogen-bond donors (Lipinski definition) is 2. The number of aromatic hydroxyl groups is 1. The van der Waals surface area contributed by atoms with Crippen molar-refractivity contribution < 1.29 is 29.3 Å². The number of Topliss-reactive ketones (excluding diaryl/α,β-unsaturated/α-hetero) is 1. The van der Waals surface area contributed by atoms with Crippen molar-refractivity contribution in [3.05, 3.63) is 65.2 Å². The number of ketones is 1. The summed E-state index contributed by atoms with van der Waals surface area (Å²) in [5.41, 5.74) is 1.22. The van der Waals surface area contributed by atoms with Crippen LogP contribution in [0.15, 0.2) is 48.5 Å². The molecule has 0 spiro atoms. The van der Waals surface area contributed by atoms with E-state index < -0.39 is 5.97 Å². The van der Waals surface area contributed by atoms with E-state index in [4.69, 9.17) is 14.6 Å². The van der Waals surface area contributed by atoms with Gasteiger partial charge < -0.3 is 19.7 Å². The van der Waals surface area contributed by atoms with Gasteiger partial charge in [0, 0.05) is 12.0 Å². The molecular formula is C25H26O6. The minimum Gasteiger partial charge on any atom is -0.507 e. The second kappa shape index (κ2) is 9.98. The van der Waals surface area contributed by atoms with Crippen LogP contribution in [-0.4, -0.2) is 35.2 Å². The summed E-state index contributed by atoms with van der Waals surface area (Å²) >= 11 is 0. The van der Waals surface area contributed by atoms with Gasteiger partial charge in [0.25, 0.3) is 0 Å². The number of ether oxygens (including phenoxy) is 2. The number of carboxylic acids is 1. The summed E-state index contributed by atoms with van der Waals surface area (Å²) in [5, 5.41) is 21.2. The molecule has 6 nitrogen and oxygen atoms in total. The Morgan fingerprint density at radius 2 is 1.65 bits per heavy atom. The zero-order valence-electron chi connectivity index (χ0n) is 17.7. The van der Waals surface area contributed by atoms with E-state index in [2.05, 4.69) is 0 Å². The zero-order chi connectivity index (χ0) is 22.4. The summed E-state index contributed by atoms with van der Waals surface area (Å²) in [4.78, 5) is 22.7. The highest BCUT2D eigenvalue weighted by Gasteiger charge is 2.15. The number of carbonyl (C=O) groups excluding carboxylic acids is 1. The SMILES string of the molecule is CCCc1c(OCCCOc2ccc3cc(C(=O)O)ccc3c2)ccc(C(C)=O)c1O. The fourth-order valence-electron chi connectivity index (χ4n) is 3.41. The molecule has 0 bridgehead atoms. The number of phenols is 1. The Balaban J connectivity index is 1.56. The van der Waals surface area contributed by atoms with Crippen molar-refractivity contribution in [2.75, 3.05) is 13.2 Å². The van der Waals surface area contributed by atoms with Gasteiger partial charge in [-0.2, -0.15) is 0 Å². The molecule has 0 unspecified atom stereocenters. The van der Waals surface area contributed by atoms with Crippen molar-refractivity contribution in [2.45, 2.75) is 33.1 Å². The second-order valence-electron chi connectivity index (χ2n) is 7.32. The fraction of sp³-hybridized carbons (Fsp3) is 0.280. The highest BCUT2D eigenvalue weighted by atomic mass is 16.5. The van der Waals surface area contributed by atoms with E-state index in [1.807, 2.05) is 25.1 Å². The second-order valence-corrected chi connectivity index (χ2v) is 7.32. The Kier molecular flexibility index (Phi) is 7.13. The van der Waals surface area contributed by atoms with Crippen LogP contribution >= 0.6 is 0 Å². The van der Waals surface area contributed by atoms with Gasteiger partial charge in [-0.3, -0.25) is 4.79 Å². The van der Waals surface area contributed by atoms with Crippen LogP contribution < -0.4 is 9.47 Å². The molecule has 0 fully saturated rings. The zero-order valence-corrected chi connectivity index (χ0v) is 17.7. The molecule has 2 N–H and O–H groups in total. The van der Waals surface area contributed by atoms with E-state index in [1.54, 1.807) is 30.3 Å². The maximum absolute atomic E-state index is 11.7. The molecule has 162 valence electrons. The quantitative estimate of drug-likeness (QED) is 0.343. The van der Waals surface area contributed by atoms with Gasteiger partial charge in [0.05, 0.1) is 24.3 Å². The molecule has 0 aromatic heterocycles. The average Bonchev–Trinajstić information content (AvgIpc) is 2.75. The third-order valence-corrected chi connectivity index (χ3v) is 4.99. The molecule has 3 aromatic carbocycles. The molecule has 0 heterocycles. The van der Waals surface area contributed by atoms with Gasteiger partial charge >= 0.3 is 5.97 Å². The molecule has 0 radical (unpaired) electrons. The van der Waals surface area contributed by atoms with Crippen molar-refractivity contribution in [3.8, 4) is 17.2 Å². The first-order valence-corrected chi connectivity index (χ1v) is 10.3. The number of benzene rings is 3. The van der Waals surface area contributed by atoms with E-state index in [1.165, 1.54) is 6.92 Å². The molecule has 0 saturated heterocycles. The molecule has 6 heteroatoms. The molecule has 0 aliphatic heterocycles. The lowest BCUT2D eigenvalue weighted by atomic mass is 10.0. The van der Waals surface area contributed by atoms with E-state index in [-0.39, 0.29) is 17.1 Å². The largest absolute Gasteiger partial charge is 0.507 e. The van der Waals surface area contributed by atoms with Crippen LogP contribution in [0, 0.1) is 0 Å². The van der Waals surface area contributed by atoms with Crippen molar-refractivity contribution in [1.29, 1.82) is 0 Å². The van der Waals surface area contributed by atoms with Crippen LogP contribution in [0.25, 0.3) is 10.8 Å². The van der Waals surface area contributed by atoms with Gasteiger partial charge in [-0.15, -0.1) is 0 Å². The maximum atomic E-state index is 11.7.